The number of methoxy groups -OCH3 is 1. The number of benzene rings is 2. The number of phenolic OH excluding ortho intramolecular Hbond substituents is 1. The summed E-state index contributed by atoms with van der Waals surface area (Å²) in [6.45, 7) is 7.92. The monoisotopic (exact) mass is 436 g/mol. The Balaban J connectivity index is 1.96. The Bertz CT molecular complexity index is 1120. The lowest BCUT2D eigenvalue weighted by atomic mass is 9.87. The summed E-state index contributed by atoms with van der Waals surface area (Å²) in [5.41, 5.74) is 2.78. The predicted octanol–water partition coefficient (Wildman–Crippen LogP) is 4.77. The average molecular weight is 437 g/mol. The smallest absolute Gasteiger partial charge is 0.202 e. The van der Waals surface area contributed by atoms with Crippen molar-refractivity contribution in [1.29, 1.82) is 0 Å². The molecule has 0 unspecified atom stereocenters. The molecule has 0 spiro atoms. The molecule has 0 saturated heterocycles. The molecule has 32 heavy (non-hydrogen) atoms. The zero-order valence-corrected chi connectivity index (χ0v) is 18.9. The molecule has 0 aromatic heterocycles. The standard InChI is InChI=1S/C26H28O6/c1-14(2)6-11-17-23-18(12-13-26(3,4)32-23)24(30-5)19-20(28)21(29)22(31-25(17)19)15-7-9-16(27)10-8-15/h6-10,12-13,21-22,27,29H,11H2,1-5H3/t21-,22-/m0/s1. The van der Waals surface area contributed by atoms with Gasteiger partial charge in [0, 0.05) is 5.56 Å². The molecule has 2 aromatic rings. The van der Waals surface area contributed by atoms with Crippen LogP contribution in [0.2, 0.25) is 0 Å². The Morgan fingerprint density at radius 2 is 1.88 bits per heavy atom. The van der Waals surface area contributed by atoms with Gasteiger partial charge in [0.25, 0.3) is 0 Å². The van der Waals surface area contributed by atoms with Gasteiger partial charge in [0.05, 0.1) is 12.7 Å². The molecule has 6 heteroatoms. The van der Waals surface area contributed by atoms with Crippen molar-refractivity contribution >= 4 is 11.9 Å². The summed E-state index contributed by atoms with van der Waals surface area (Å²) in [4.78, 5) is 13.4. The second-order valence-corrected chi connectivity index (χ2v) is 8.92. The maximum Gasteiger partial charge on any atom is 0.202 e. The van der Waals surface area contributed by atoms with E-state index in [-0.39, 0.29) is 11.3 Å². The summed E-state index contributed by atoms with van der Waals surface area (Å²) >= 11 is 0. The van der Waals surface area contributed by atoms with Gasteiger partial charge in [-0.3, -0.25) is 4.79 Å². The van der Waals surface area contributed by atoms with Crippen LogP contribution in [0.25, 0.3) is 6.08 Å². The van der Waals surface area contributed by atoms with Crippen molar-refractivity contribution in [1.82, 2.24) is 0 Å². The van der Waals surface area contributed by atoms with Crippen molar-refractivity contribution in [2.75, 3.05) is 7.11 Å². The van der Waals surface area contributed by atoms with Crippen LogP contribution in [0.1, 0.15) is 60.8 Å². The Kier molecular flexibility index (Phi) is 5.51. The van der Waals surface area contributed by atoms with Crippen LogP contribution in [-0.2, 0) is 6.42 Å². The Morgan fingerprint density at radius 1 is 1.19 bits per heavy atom. The molecule has 0 bridgehead atoms. The van der Waals surface area contributed by atoms with Crippen molar-refractivity contribution in [2.24, 2.45) is 0 Å². The molecular weight excluding hydrogens is 408 g/mol. The first kappa shape index (κ1) is 22.0. The number of carbonyl (C=O) groups excluding carboxylic acids is 1. The molecule has 2 aromatic carbocycles. The number of phenols is 1. The molecular formula is C26H28O6. The zero-order chi connectivity index (χ0) is 23.2. The van der Waals surface area contributed by atoms with E-state index >= 15 is 0 Å². The number of aliphatic hydroxyl groups excluding tert-OH is 1. The van der Waals surface area contributed by atoms with Gasteiger partial charge in [-0.1, -0.05) is 23.8 Å². The lowest BCUT2D eigenvalue weighted by molar-refractivity contribution is 0.0203. The van der Waals surface area contributed by atoms with Gasteiger partial charge < -0.3 is 24.4 Å². The third-order valence-corrected chi connectivity index (χ3v) is 5.69. The molecule has 4 rings (SSSR count). The van der Waals surface area contributed by atoms with Gasteiger partial charge in [-0.05, 0) is 64.0 Å². The maximum absolute atomic E-state index is 13.4. The predicted molar refractivity (Wildman–Crippen MR) is 122 cm³/mol. The first-order chi connectivity index (χ1) is 15.1. The second-order valence-electron chi connectivity index (χ2n) is 8.92. The van der Waals surface area contributed by atoms with Gasteiger partial charge in [0.15, 0.2) is 12.2 Å². The van der Waals surface area contributed by atoms with Crippen molar-refractivity contribution in [3.63, 3.8) is 0 Å². The molecule has 168 valence electrons. The molecule has 0 aliphatic carbocycles. The minimum atomic E-state index is -1.42. The maximum atomic E-state index is 13.4. The van der Waals surface area contributed by atoms with Crippen LogP contribution >= 0.6 is 0 Å². The van der Waals surface area contributed by atoms with Crippen LogP contribution in [0.5, 0.6) is 23.0 Å². The van der Waals surface area contributed by atoms with Gasteiger partial charge >= 0.3 is 0 Å². The first-order valence-electron chi connectivity index (χ1n) is 10.6. The molecule has 2 atom stereocenters. The first-order valence-corrected chi connectivity index (χ1v) is 10.6. The number of aliphatic hydroxyl groups is 1. The van der Waals surface area contributed by atoms with E-state index in [9.17, 15) is 15.0 Å². The van der Waals surface area contributed by atoms with Gasteiger partial charge in [-0.15, -0.1) is 0 Å². The van der Waals surface area contributed by atoms with Crippen molar-refractivity contribution < 1.29 is 29.2 Å². The summed E-state index contributed by atoms with van der Waals surface area (Å²) < 4.78 is 18.3. The number of ketones is 1. The van der Waals surface area contributed by atoms with Gasteiger partial charge in [-0.2, -0.15) is 0 Å². The quantitative estimate of drug-likeness (QED) is 0.672. The van der Waals surface area contributed by atoms with Crippen LogP contribution in [0.3, 0.4) is 0 Å². The highest BCUT2D eigenvalue weighted by molar-refractivity contribution is 6.07. The van der Waals surface area contributed by atoms with Crippen LogP contribution in [-0.4, -0.2) is 34.8 Å². The zero-order valence-electron chi connectivity index (χ0n) is 18.9. The van der Waals surface area contributed by atoms with Gasteiger partial charge in [-0.25, -0.2) is 0 Å². The molecule has 2 aliphatic heterocycles. The highest BCUT2D eigenvalue weighted by Gasteiger charge is 2.43. The fraction of sp³-hybridized carbons (Fsp3) is 0.346. The molecule has 6 nitrogen and oxygen atoms in total. The van der Waals surface area contributed by atoms with Gasteiger partial charge in [0.2, 0.25) is 5.78 Å². The Labute approximate surface area is 187 Å². The van der Waals surface area contributed by atoms with Crippen LogP contribution in [0, 0.1) is 0 Å². The Morgan fingerprint density at radius 3 is 2.50 bits per heavy atom. The molecule has 2 N–H and O–H groups in total. The normalized spacial score (nSPS) is 20.5. The summed E-state index contributed by atoms with van der Waals surface area (Å²) in [6.07, 6.45) is 4.02. The van der Waals surface area contributed by atoms with E-state index in [1.165, 1.54) is 19.2 Å². The number of ether oxygens (including phenoxy) is 3. The fourth-order valence-corrected chi connectivity index (χ4v) is 4.06. The number of hydrogen-bond acceptors (Lipinski definition) is 6. The van der Waals surface area contributed by atoms with E-state index in [2.05, 4.69) is 0 Å². The van der Waals surface area contributed by atoms with Gasteiger partial charge in [0.1, 0.15) is 34.2 Å². The van der Waals surface area contributed by atoms with E-state index in [0.717, 1.165) is 11.1 Å². The molecule has 0 saturated carbocycles. The Hall–Kier alpha value is -3.25. The molecule has 2 heterocycles. The van der Waals surface area contributed by atoms with E-state index in [1.807, 2.05) is 45.9 Å². The fourth-order valence-electron chi connectivity index (χ4n) is 4.06. The second kappa shape index (κ2) is 8.02. The number of aromatic hydroxyl groups is 1. The van der Waals surface area contributed by atoms with E-state index < -0.39 is 23.6 Å². The van der Waals surface area contributed by atoms with Crippen LogP contribution in [0.4, 0.5) is 0 Å². The summed E-state index contributed by atoms with van der Waals surface area (Å²) in [5.74, 6) is 0.918. The number of carbonyl (C=O) groups is 1. The SMILES string of the molecule is COc1c2c(c(CC=C(C)C)c3c1C(=O)[C@H](O)[C@H](c1ccc(O)cc1)O3)OC(C)(C)C=C2. The minimum Gasteiger partial charge on any atom is -0.508 e. The summed E-state index contributed by atoms with van der Waals surface area (Å²) in [6, 6.07) is 6.27. The summed E-state index contributed by atoms with van der Waals surface area (Å²) in [7, 11) is 1.49. The van der Waals surface area contributed by atoms with E-state index in [0.29, 0.717) is 34.8 Å². The number of Topliss-reactive ketones (excluding diaryl/α,β-unsaturated/α-hetero) is 1. The van der Waals surface area contributed by atoms with Crippen molar-refractivity contribution in [3.05, 3.63) is 64.2 Å². The third-order valence-electron chi connectivity index (χ3n) is 5.69. The number of fused-ring (bicyclic) bond motifs is 2. The summed E-state index contributed by atoms with van der Waals surface area (Å²) in [5, 5.41) is 20.5. The third kappa shape index (κ3) is 3.75. The van der Waals surface area contributed by atoms with Crippen LogP contribution < -0.4 is 14.2 Å². The average Bonchev–Trinajstić information content (AvgIpc) is 2.74. The lowest BCUT2D eigenvalue weighted by Gasteiger charge is -2.36. The van der Waals surface area contributed by atoms with Crippen molar-refractivity contribution in [2.45, 2.75) is 51.9 Å². The molecule has 0 radical (unpaired) electrons. The molecule has 0 fully saturated rings. The topological polar surface area (TPSA) is 85.2 Å². The largest absolute Gasteiger partial charge is 0.508 e. The van der Waals surface area contributed by atoms with E-state index in [1.54, 1.807) is 12.1 Å². The minimum absolute atomic E-state index is 0.0909. The lowest BCUT2D eigenvalue weighted by Crippen LogP contribution is -2.37. The highest BCUT2D eigenvalue weighted by Crippen LogP contribution is 2.51. The molecule has 0 amide bonds. The van der Waals surface area contributed by atoms with E-state index in [4.69, 9.17) is 14.2 Å². The highest BCUT2D eigenvalue weighted by atomic mass is 16.5. The van der Waals surface area contributed by atoms with Crippen molar-refractivity contribution in [3.8, 4) is 23.0 Å². The van der Waals surface area contributed by atoms with Crippen LogP contribution in [0.15, 0.2) is 42.0 Å². The number of rotatable bonds is 4. The molecule has 2 aliphatic rings. The number of hydrogen-bond donors (Lipinski definition) is 2. The number of allylic oxidation sites excluding steroid dienone is 2.